The standard InChI is InChI=1S/C22H23N7O2/c1-4-22(3,20(23)28-19(15(2)14-30)29-26-11-12-27-29)21(31)25-13-17-8-5-7-16-9-6-10-24-18(16)17/h1,5-12,30H,13-14H2,2-3H3,(H2,23,28)(H,25,31)/b19-15-. The molecule has 0 spiro atoms. The van der Waals surface area contributed by atoms with Gasteiger partial charge in [0.15, 0.2) is 11.2 Å². The van der Waals surface area contributed by atoms with Crippen LogP contribution in [-0.4, -0.2) is 43.4 Å². The van der Waals surface area contributed by atoms with Crippen molar-refractivity contribution in [1.29, 1.82) is 0 Å². The van der Waals surface area contributed by atoms with Crippen molar-refractivity contribution in [2.24, 2.45) is 16.1 Å². The first kappa shape index (κ1) is 21.7. The first-order chi connectivity index (χ1) is 14.9. The number of fused-ring (bicyclic) bond motifs is 1. The summed E-state index contributed by atoms with van der Waals surface area (Å²) in [5.41, 5.74) is 6.74. The lowest BCUT2D eigenvalue weighted by atomic mass is 9.89. The minimum absolute atomic E-state index is 0.122. The number of hydrogen-bond donors (Lipinski definition) is 3. The Bertz CT molecular complexity index is 1190. The molecule has 1 aromatic carbocycles. The number of rotatable bonds is 7. The molecular formula is C22H23N7O2. The Morgan fingerprint density at radius 2 is 2.00 bits per heavy atom. The second-order valence-corrected chi connectivity index (χ2v) is 7.02. The van der Waals surface area contributed by atoms with Crippen molar-refractivity contribution in [3.05, 3.63) is 60.1 Å². The van der Waals surface area contributed by atoms with Crippen LogP contribution in [0.25, 0.3) is 16.7 Å². The molecule has 3 aromatic rings. The predicted molar refractivity (Wildman–Crippen MR) is 118 cm³/mol. The van der Waals surface area contributed by atoms with Gasteiger partial charge in [0.2, 0.25) is 5.91 Å². The average Bonchev–Trinajstić information content (AvgIpc) is 3.34. The number of amidine groups is 1. The average molecular weight is 417 g/mol. The maximum Gasteiger partial charge on any atom is 0.245 e. The monoisotopic (exact) mass is 417 g/mol. The van der Waals surface area contributed by atoms with Crippen LogP contribution in [0.5, 0.6) is 0 Å². The number of hydrogen-bond acceptors (Lipinski definition) is 6. The van der Waals surface area contributed by atoms with Gasteiger partial charge in [-0.3, -0.25) is 9.78 Å². The lowest BCUT2D eigenvalue weighted by molar-refractivity contribution is -0.125. The molecule has 0 bridgehead atoms. The maximum absolute atomic E-state index is 13.0. The maximum atomic E-state index is 13.0. The normalized spacial score (nSPS) is 14.5. The number of carbonyl (C=O) groups excluding carboxylic acids is 1. The van der Waals surface area contributed by atoms with E-state index in [0.717, 1.165) is 16.5 Å². The van der Waals surface area contributed by atoms with E-state index < -0.39 is 11.3 Å². The fourth-order valence-corrected chi connectivity index (χ4v) is 2.85. The minimum atomic E-state index is -1.54. The van der Waals surface area contributed by atoms with Gasteiger partial charge >= 0.3 is 0 Å². The van der Waals surface area contributed by atoms with Gasteiger partial charge in [0.1, 0.15) is 5.84 Å². The van der Waals surface area contributed by atoms with E-state index in [-0.39, 0.29) is 24.8 Å². The summed E-state index contributed by atoms with van der Waals surface area (Å²) in [6.07, 6.45) is 10.3. The second-order valence-electron chi connectivity index (χ2n) is 7.02. The van der Waals surface area contributed by atoms with Gasteiger partial charge in [0.25, 0.3) is 0 Å². The number of nitrogens with two attached hydrogens (primary N) is 1. The molecule has 1 atom stereocenters. The molecule has 1 unspecified atom stereocenters. The fraction of sp³-hybridized carbons (Fsp3) is 0.227. The molecule has 0 aliphatic carbocycles. The van der Waals surface area contributed by atoms with Crippen LogP contribution in [-0.2, 0) is 11.3 Å². The Labute approximate surface area is 179 Å². The zero-order valence-electron chi connectivity index (χ0n) is 17.3. The number of amides is 1. The molecule has 158 valence electrons. The van der Waals surface area contributed by atoms with Gasteiger partial charge in [-0.15, -0.1) is 11.2 Å². The van der Waals surface area contributed by atoms with Crippen molar-refractivity contribution in [2.45, 2.75) is 20.4 Å². The first-order valence-electron chi connectivity index (χ1n) is 9.51. The van der Waals surface area contributed by atoms with Gasteiger partial charge in [-0.25, -0.2) is 4.99 Å². The zero-order valence-corrected chi connectivity index (χ0v) is 17.3. The molecule has 9 nitrogen and oxygen atoms in total. The van der Waals surface area contributed by atoms with E-state index in [2.05, 4.69) is 31.4 Å². The van der Waals surface area contributed by atoms with E-state index in [9.17, 15) is 9.90 Å². The third kappa shape index (κ3) is 4.44. The van der Waals surface area contributed by atoms with Gasteiger partial charge in [-0.1, -0.05) is 30.2 Å². The van der Waals surface area contributed by atoms with Crippen LogP contribution in [0.3, 0.4) is 0 Å². The Kier molecular flexibility index (Phi) is 6.43. The minimum Gasteiger partial charge on any atom is -0.392 e. The Hall–Kier alpha value is -4.03. The molecule has 4 N–H and O–H groups in total. The highest BCUT2D eigenvalue weighted by atomic mass is 16.3. The first-order valence-corrected chi connectivity index (χ1v) is 9.51. The number of nitrogens with zero attached hydrogens (tertiary/aromatic N) is 5. The molecule has 0 aliphatic rings. The van der Waals surface area contributed by atoms with Crippen molar-refractivity contribution in [3.8, 4) is 12.3 Å². The van der Waals surface area contributed by atoms with Gasteiger partial charge in [-0.05, 0) is 31.1 Å². The SMILES string of the molecule is C#CC(C)(C(=O)NCc1cccc2cccnc12)/C(N)=N\C(=C(/C)CO)n1nccn1. The lowest BCUT2D eigenvalue weighted by Crippen LogP contribution is -2.47. The molecule has 0 fully saturated rings. The summed E-state index contributed by atoms with van der Waals surface area (Å²) < 4.78 is 0. The van der Waals surface area contributed by atoms with Crippen LogP contribution >= 0.6 is 0 Å². The van der Waals surface area contributed by atoms with E-state index in [1.165, 1.54) is 24.1 Å². The van der Waals surface area contributed by atoms with Crippen LogP contribution in [0.15, 0.2) is 59.5 Å². The number of nitrogens with one attached hydrogen (secondary N) is 1. The van der Waals surface area contributed by atoms with E-state index >= 15 is 0 Å². The summed E-state index contributed by atoms with van der Waals surface area (Å²) in [6, 6.07) is 9.53. The molecule has 0 aliphatic heterocycles. The molecule has 9 heteroatoms. The molecule has 2 aromatic heterocycles. The van der Waals surface area contributed by atoms with E-state index in [1.54, 1.807) is 13.1 Å². The van der Waals surface area contributed by atoms with Gasteiger partial charge in [-0.2, -0.15) is 10.2 Å². The fourth-order valence-electron chi connectivity index (χ4n) is 2.85. The molecule has 2 heterocycles. The van der Waals surface area contributed by atoms with E-state index in [1.807, 2.05) is 30.3 Å². The summed E-state index contributed by atoms with van der Waals surface area (Å²) in [6.45, 7) is 3.08. The predicted octanol–water partition coefficient (Wildman–Crippen LogP) is 1.32. The zero-order chi connectivity index (χ0) is 22.4. The van der Waals surface area contributed by atoms with Crippen molar-refractivity contribution in [3.63, 3.8) is 0 Å². The Morgan fingerprint density at radius 3 is 2.68 bits per heavy atom. The van der Waals surface area contributed by atoms with Crippen molar-refractivity contribution in [2.75, 3.05) is 6.61 Å². The van der Waals surface area contributed by atoms with Crippen LogP contribution in [0.1, 0.15) is 19.4 Å². The quantitative estimate of drug-likeness (QED) is 0.302. The van der Waals surface area contributed by atoms with Gasteiger partial charge in [0.05, 0.1) is 24.5 Å². The van der Waals surface area contributed by atoms with E-state index in [4.69, 9.17) is 12.2 Å². The number of aliphatic hydroxyl groups is 1. The molecule has 0 radical (unpaired) electrons. The molecule has 31 heavy (non-hydrogen) atoms. The largest absolute Gasteiger partial charge is 0.392 e. The smallest absolute Gasteiger partial charge is 0.245 e. The lowest BCUT2D eigenvalue weighted by Gasteiger charge is -2.22. The Morgan fingerprint density at radius 1 is 1.29 bits per heavy atom. The van der Waals surface area contributed by atoms with Crippen molar-refractivity contribution >= 4 is 28.5 Å². The van der Waals surface area contributed by atoms with E-state index in [0.29, 0.717) is 5.57 Å². The molecule has 0 saturated carbocycles. The molecular weight excluding hydrogens is 394 g/mol. The topological polar surface area (TPSA) is 131 Å². The van der Waals surface area contributed by atoms with Crippen LogP contribution in [0, 0.1) is 17.8 Å². The number of carbonyl (C=O) groups is 1. The number of para-hydroxylation sites is 1. The van der Waals surface area contributed by atoms with Gasteiger partial charge < -0.3 is 16.2 Å². The summed E-state index contributed by atoms with van der Waals surface area (Å²) in [7, 11) is 0. The van der Waals surface area contributed by atoms with Crippen LogP contribution < -0.4 is 11.1 Å². The van der Waals surface area contributed by atoms with Crippen LogP contribution in [0.2, 0.25) is 0 Å². The number of pyridine rings is 1. The third-order valence-electron chi connectivity index (χ3n) is 4.86. The summed E-state index contributed by atoms with van der Waals surface area (Å²) >= 11 is 0. The summed E-state index contributed by atoms with van der Waals surface area (Å²) in [5.74, 6) is 2.02. The number of aliphatic imine (C=N–C) groups is 1. The number of aromatic nitrogens is 4. The Balaban J connectivity index is 1.87. The molecule has 0 saturated heterocycles. The highest BCUT2D eigenvalue weighted by Crippen LogP contribution is 2.21. The van der Waals surface area contributed by atoms with Gasteiger partial charge in [0, 0.05) is 18.1 Å². The van der Waals surface area contributed by atoms with Crippen LogP contribution in [0.4, 0.5) is 0 Å². The highest BCUT2D eigenvalue weighted by molar-refractivity contribution is 6.10. The number of terminal acetylenes is 1. The third-order valence-corrected chi connectivity index (χ3v) is 4.86. The number of benzene rings is 1. The second kappa shape index (κ2) is 9.19. The van der Waals surface area contributed by atoms with Crippen molar-refractivity contribution < 1.29 is 9.90 Å². The summed E-state index contributed by atoms with van der Waals surface area (Å²) in [5, 5.41) is 21.3. The van der Waals surface area contributed by atoms with Crippen molar-refractivity contribution in [1.82, 2.24) is 25.3 Å². The highest BCUT2D eigenvalue weighted by Gasteiger charge is 2.36. The summed E-state index contributed by atoms with van der Waals surface area (Å²) in [4.78, 5) is 22.9. The molecule has 1 amide bonds. The molecule has 3 rings (SSSR count). The number of aliphatic hydroxyl groups excluding tert-OH is 1.